The van der Waals surface area contributed by atoms with Gasteiger partial charge in [-0.1, -0.05) is 23.8 Å². The summed E-state index contributed by atoms with van der Waals surface area (Å²) >= 11 is 0. The second kappa shape index (κ2) is 10.1. The first-order valence-corrected chi connectivity index (χ1v) is 12.0. The van der Waals surface area contributed by atoms with E-state index in [1.807, 2.05) is 67.3 Å². The first kappa shape index (κ1) is 23.4. The Hall–Kier alpha value is -4.33. The average molecular weight is 481 g/mol. The molecule has 36 heavy (non-hydrogen) atoms. The first-order valence-electron chi connectivity index (χ1n) is 12.0. The fraction of sp³-hybridized carbons (Fsp3) is 0.250. The molecular weight excluding hydrogens is 452 g/mol. The van der Waals surface area contributed by atoms with Crippen LogP contribution in [0.1, 0.15) is 27.2 Å². The number of piperazine rings is 1. The van der Waals surface area contributed by atoms with E-state index >= 15 is 0 Å². The maximum atomic E-state index is 12.9. The smallest absolute Gasteiger partial charge is 0.257 e. The Bertz CT molecular complexity index is 1400. The van der Waals surface area contributed by atoms with Crippen molar-refractivity contribution in [2.24, 2.45) is 0 Å². The minimum absolute atomic E-state index is 0.0913. The van der Waals surface area contributed by atoms with Gasteiger partial charge in [0.2, 0.25) is 11.9 Å². The van der Waals surface area contributed by atoms with Crippen LogP contribution in [0.15, 0.2) is 67.0 Å². The van der Waals surface area contributed by atoms with Crippen molar-refractivity contribution in [1.29, 1.82) is 0 Å². The van der Waals surface area contributed by atoms with Gasteiger partial charge in [-0.25, -0.2) is 9.97 Å². The number of amides is 2. The molecule has 1 saturated heterocycles. The standard InChI is InChI=1S/C28H28N6O2/c1-19-4-9-25-22(16-19)18-24(20(2)31-25)27(36)32-23-7-5-21(6-8-23)17-26(35)33-12-14-34(15-13-33)28-29-10-3-11-30-28/h3-11,16,18H,12-15,17H2,1-2H3,(H,32,36). The molecule has 2 aromatic heterocycles. The fourth-order valence-corrected chi connectivity index (χ4v) is 4.42. The maximum absolute atomic E-state index is 12.9. The number of benzene rings is 2. The van der Waals surface area contributed by atoms with Gasteiger partial charge in [-0.2, -0.15) is 0 Å². The van der Waals surface area contributed by atoms with Crippen LogP contribution in [0.25, 0.3) is 10.9 Å². The van der Waals surface area contributed by atoms with Crippen LogP contribution in [-0.2, 0) is 11.2 Å². The van der Waals surface area contributed by atoms with Gasteiger partial charge in [-0.15, -0.1) is 0 Å². The van der Waals surface area contributed by atoms with Crippen molar-refractivity contribution in [1.82, 2.24) is 19.9 Å². The van der Waals surface area contributed by atoms with E-state index in [1.165, 1.54) is 0 Å². The van der Waals surface area contributed by atoms with Crippen LogP contribution < -0.4 is 10.2 Å². The molecule has 2 aromatic carbocycles. The minimum atomic E-state index is -0.201. The highest BCUT2D eigenvalue weighted by Crippen LogP contribution is 2.20. The van der Waals surface area contributed by atoms with Gasteiger partial charge in [-0.3, -0.25) is 14.6 Å². The predicted molar refractivity (Wildman–Crippen MR) is 140 cm³/mol. The molecule has 8 nitrogen and oxygen atoms in total. The molecule has 3 heterocycles. The Morgan fingerprint density at radius 1 is 0.917 bits per heavy atom. The molecule has 1 fully saturated rings. The second-order valence-electron chi connectivity index (χ2n) is 9.06. The summed E-state index contributed by atoms with van der Waals surface area (Å²) in [5, 5.41) is 3.89. The summed E-state index contributed by atoms with van der Waals surface area (Å²) in [4.78, 5) is 42.9. The minimum Gasteiger partial charge on any atom is -0.339 e. The molecule has 1 aliphatic rings. The Kier molecular flexibility index (Phi) is 6.58. The Balaban J connectivity index is 1.18. The molecule has 0 unspecified atom stereocenters. The van der Waals surface area contributed by atoms with Crippen molar-refractivity contribution >= 4 is 34.4 Å². The molecule has 0 radical (unpaired) electrons. The molecule has 0 bridgehead atoms. The van der Waals surface area contributed by atoms with Crippen molar-refractivity contribution in [3.63, 3.8) is 0 Å². The normalized spacial score (nSPS) is 13.6. The molecule has 8 heteroatoms. The molecule has 4 aromatic rings. The van der Waals surface area contributed by atoms with E-state index in [9.17, 15) is 9.59 Å². The molecule has 0 aliphatic carbocycles. The van der Waals surface area contributed by atoms with Gasteiger partial charge in [-0.05, 0) is 55.8 Å². The van der Waals surface area contributed by atoms with Crippen molar-refractivity contribution in [3.05, 3.63) is 89.4 Å². The second-order valence-corrected chi connectivity index (χ2v) is 9.06. The molecule has 0 saturated carbocycles. The summed E-state index contributed by atoms with van der Waals surface area (Å²) in [5.74, 6) is 0.591. The third-order valence-corrected chi connectivity index (χ3v) is 6.44. The van der Waals surface area contributed by atoms with Crippen molar-refractivity contribution in [2.45, 2.75) is 20.3 Å². The highest BCUT2D eigenvalue weighted by molar-refractivity contribution is 6.06. The lowest BCUT2D eigenvalue weighted by Gasteiger charge is -2.34. The van der Waals surface area contributed by atoms with E-state index in [2.05, 4.69) is 25.2 Å². The molecule has 0 atom stereocenters. The third-order valence-electron chi connectivity index (χ3n) is 6.44. The van der Waals surface area contributed by atoms with E-state index < -0.39 is 0 Å². The number of carbonyl (C=O) groups is 2. The van der Waals surface area contributed by atoms with Crippen molar-refractivity contribution in [3.8, 4) is 0 Å². The predicted octanol–water partition coefficient (Wildman–Crippen LogP) is 3.79. The zero-order chi connectivity index (χ0) is 25.1. The largest absolute Gasteiger partial charge is 0.339 e. The molecule has 1 aliphatic heterocycles. The van der Waals surface area contributed by atoms with Gasteiger partial charge in [0.1, 0.15) is 0 Å². The van der Waals surface area contributed by atoms with E-state index in [4.69, 9.17) is 0 Å². The summed E-state index contributed by atoms with van der Waals surface area (Å²) in [5.41, 5.74) is 4.81. The molecular formula is C28H28N6O2. The Labute approximate surface area is 210 Å². The summed E-state index contributed by atoms with van der Waals surface area (Å²) in [6.07, 6.45) is 3.78. The van der Waals surface area contributed by atoms with E-state index in [0.717, 1.165) is 22.0 Å². The van der Waals surface area contributed by atoms with Crippen LogP contribution in [0.5, 0.6) is 0 Å². The monoisotopic (exact) mass is 480 g/mol. The fourth-order valence-electron chi connectivity index (χ4n) is 4.42. The molecule has 5 rings (SSSR count). The van der Waals surface area contributed by atoms with Crippen molar-refractivity contribution < 1.29 is 9.59 Å². The summed E-state index contributed by atoms with van der Waals surface area (Å²) in [6, 6.07) is 17.1. The summed E-state index contributed by atoms with van der Waals surface area (Å²) in [6.45, 7) is 6.57. The highest BCUT2D eigenvalue weighted by atomic mass is 16.2. The van der Waals surface area contributed by atoms with Crippen molar-refractivity contribution in [2.75, 3.05) is 36.4 Å². The average Bonchev–Trinajstić information content (AvgIpc) is 2.90. The van der Waals surface area contributed by atoms with Crippen LogP contribution in [-0.4, -0.2) is 57.8 Å². The number of hydrogen-bond donors (Lipinski definition) is 1. The lowest BCUT2D eigenvalue weighted by molar-refractivity contribution is -0.130. The van der Waals surface area contributed by atoms with E-state index in [1.54, 1.807) is 18.5 Å². The molecule has 2 amide bonds. The Morgan fingerprint density at radius 3 is 2.36 bits per heavy atom. The molecule has 0 spiro atoms. The summed E-state index contributed by atoms with van der Waals surface area (Å²) in [7, 11) is 0. The Morgan fingerprint density at radius 2 is 1.64 bits per heavy atom. The number of nitrogens with zero attached hydrogens (tertiary/aromatic N) is 5. The lowest BCUT2D eigenvalue weighted by Crippen LogP contribution is -2.49. The number of rotatable bonds is 5. The number of fused-ring (bicyclic) bond motifs is 1. The number of hydrogen-bond acceptors (Lipinski definition) is 6. The van der Waals surface area contributed by atoms with E-state index in [-0.39, 0.29) is 11.8 Å². The first-order chi connectivity index (χ1) is 17.5. The number of nitrogens with one attached hydrogen (secondary N) is 1. The number of aromatic nitrogens is 3. The van der Waals surface area contributed by atoms with Gasteiger partial charge in [0.15, 0.2) is 0 Å². The molecule has 182 valence electrons. The van der Waals surface area contributed by atoms with Gasteiger partial charge in [0.05, 0.1) is 23.2 Å². The SMILES string of the molecule is Cc1ccc2nc(C)c(C(=O)Nc3ccc(CC(=O)N4CCN(c5ncccn5)CC4)cc3)cc2c1. The topological polar surface area (TPSA) is 91.3 Å². The number of anilines is 2. The van der Waals surface area contributed by atoms with Crippen LogP contribution in [0, 0.1) is 13.8 Å². The van der Waals surface area contributed by atoms with Crippen LogP contribution >= 0.6 is 0 Å². The van der Waals surface area contributed by atoms with Gasteiger partial charge < -0.3 is 15.1 Å². The maximum Gasteiger partial charge on any atom is 0.257 e. The third kappa shape index (κ3) is 5.17. The van der Waals surface area contributed by atoms with Gasteiger partial charge >= 0.3 is 0 Å². The van der Waals surface area contributed by atoms with Crippen LogP contribution in [0.4, 0.5) is 11.6 Å². The molecule has 1 N–H and O–H groups in total. The van der Waals surface area contributed by atoms with Gasteiger partial charge in [0.25, 0.3) is 5.91 Å². The number of aryl methyl sites for hydroxylation is 2. The lowest BCUT2D eigenvalue weighted by atomic mass is 10.1. The quantitative estimate of drug-likeness (QED) is 0.467. The number of carbonyl (C=O) groups excluding carboxylic acids is 2. The zero-order valence-electron chi connectivity index (χ0n) is 20.4. The van der Waals surface area contributed by atoms with Gasteiger partial charge in [0, 0.05) is 49.6 Å². The summed E-state index contributed by atoms with van der Waals surface area (Å²) < 4.78 is 0. The zero-order valence-corrected chi connectivity index (χ0v) is 20.4. The highest BCUT2D eigenvalue weighted by Gasteiger charge is 2.22. The van der Waals surface area contributed by atoms with Crippen LogP contribution in [0.3, 0.4) is 0 Å². The van der Waals surface area contributed by atoms with Crippen LogP contribution in [0.2, 0.25) is 0 Å². The number of pyridine rings is 1. The van der Waals surface area contributed by atoms with E-state index in [0.29, 0.717) is 55.5 Å².